The molecule has 98 valence electrons. The number of benzene rings is 1. The highest BCUT2D eigenvalue weighted by atomic mass is 35.5. The molecule has 18 heavy (non-hydrogen) atoms. The molecule has 0 heterocycles. The maximum absolute atomic E-state index is 13.3. The summed E-state index contributed by atoms with van der Waals surface area (Å²) in [6, 6.07) is 1.30. The average molecular weight is 286 g/mol. The maximum atomic E-state index is 13.3. The highest BCUT2D eigenvalue weighted by Gasteiger charge is 2.39. The molecule has 0 saturated heterocycles. The van der Waals surface area contributed by atoms with E-state index < -0.39 is 35.1 Å². The predicted molar refractivity (Wildman–Crippen MR) is 53.1 cm³/mol. The number of hydrogen-bond donors (Lipinski definition) is 2. The number of carbonyl (C=O) groups is 2. The van der Waals surface area contributed by atoms with Crippen molar-refractivity contribution in [1.29, 1.82) is 0 Å². The van der Waals surface area contributed by atoms with Crippen LogP contribution < -0.4 is 5.32 Å². The van der Waals surface area contributed by atoms with Crippen LogP contribution in [0.25, 0.3) is 0 Å². The van der Waals surface area contributed by atoms with Crippen LogP contribution in [-0.4, -0.2) is 23.2 Å². The Morgan fingerprint density at radius 1 is 1.28 bits per heavy atom. The monoisotopic (exact) mass is 285 g/mol. The second-order valence-corrected chi connectivity index (χ2v) is 3.50. The molecular weight excluding hydrogens is 282 g/mol. The van der Waals surface area contributed by atoms with E-state index in [1.165, 1.54) is 0 Å². The van der Waals surface area contributed by atoms with Crippen molar-refractivity contribution >= 4 is 29.2 Å². The molecule has 2 N–H and O–H groups in total. The molecule has 0 saturated carbocycles. The Morgan fingerprint density at radius 3 is 2.28 bits per heavy atom. The lowest BCUT2D eigenvalue weighted by molar-refractivity contribution is -0.167. The second-order valence-electron chi connectivity index (χ2n) is 3.07. The van der Waals surface area contributed by atoms with Crippen LogP contribution in [0.4, 0.5) is 23.2 Å². The molecule has 0 aromatic heterocycles. The van der Waals surface area contributed by atoms with Crippen LogP contribution in [0.3, 0.4) is 0 Å². The molecule has 0 fully saturated rings. The summed E-state index contributed by atoms with van der Waals surface area (Å²) >= 11 is 5.35. The molecule has 0 aliphatic carbocycles. The van der Waals surface area contributed by atoms with Gasteiger partial charge in [0.1, 0.15) is 5.82 Å². The number of carbonyl (C=O) groups excluding carboxylic acids is 1. The standard InChI is InChI=1S/C9H4ClF4NO3/c10-3-1-4(7(16)17)6(5(11)2-3)15-8(18)9(12,13)14/h1-2H,(H,15,18)(H,16,17). The molecule has 1 rings (SSSR count). The van der Waals surface area contributed by atoms with Crippen molar-refractivity contribution in [3.8, 4) is 0 Å². The first kappa shape index (κ1) is 14.2. The van der Waals surface area contributed by atoms with E-state index >= 15 is 0 Å². The molecule has 1 aromatic carbocycles. The normalized spacial score (nSPS) is 11.2. The van der Waals surface area contributed by atoms with Gasteiger partial charge in [0.25, 0.3) is 0 Å². The molecule has 0 bridgehead atoms. The third-order valence-electron chi connectivity index (χ3n) is 1.78. The smallest absolute Gasteiger partial charge is 0.471 e. The number of halogens is 5. The van der Waals surface area contributed by atoms with Gasteiger partial charge in [0, 0.05) is 5.02 Å². The average Bonchev–Trinajstić information content (AvgIpc) is 2.19. The zero-order valence-electron chi connectivity index (χ0n) is 8.31. The number of carboxylic acids is 1. The summed E-state index contributed by atoms with van der Waals surface area (Å²) < 4.78 is 49.2. The summed E-state index contributed by atoms with van der Waals surface area (Å²) in [4.78, 5) is 21.3. The lowest BCUT2D eigenvalue weighted by atomic mass is 10.1. The molecule has 4 nitrogen and oxygen atoms in total. The van der Waals surface area contributed by atoms with Gasteiger partial charge >= 0.3 is 18.1 Å². The first-order valence-electron chi connectivity index (χ1n) is 4.23. The molecule has 1 aromatic rings. The van der Waals surface area contributed by atoms with Crippen molar-refractivity contribution in [2.45, 2.75) is 6.18 Å². The van der Waals surface area contributed by atoms with Gasteiger partial charge in [-0.2, -0.15) is 13.2 Å². The SMILES string of the molecule is O=C(O)c1cc(Cl)cc(F)c1NC(=O)C(F)(F)F. The zero-order valence-corrected chi connectivity index (χ0v) is 9.06. The molecule has 0 aliphatic rings. The number of nitrogens with one attached hydrogen (secondary N) is 1. The maximum Gasteiger partial charge on any atom is 0.471 e. The number of alkyl halides is 3. The topological polar surface area (TPSA) is 66.4 Å². The van der Waals surface area contributed by atoms with Crippen LogP contribution in [0, 0.1) is 5.82 Å². The fourth-order valence-corrected chi connectivity index (χ4v) is 1.26. The summed E-state index contributed by atoms with van der Waals surface area (Å²) in [6.45, 7) is 0. The third-order valence-corrected chi connectivity index (χ3v) is 2.00. The number of carboxylic acid groups (broad SMARTS) is 1. The van der Waals surface area contributed by atoms with Crippen LogP contribution in [0.15, 0.2) is 12.1 Å². The predicted octanol–water partition coefficient (Wildman–Crippen LogP) is 2.68. The number of aromatic carboxylic acids is 1. The van der Waals surface area contributed by atoms with E-state index in [1.54, 1.807) is 0 Å². The lowest BCUT2D eigenvalue weighted by Crippen LogP contribution is -2.31. The summed E-state index contributed by atoms with van der Waals surface area (Å²) in [6.07, 6.45) is -5.26. The van der Waals surface area contributed by atoms with Gasteiger partial charge in [-0.3, -0.25) is 4.79 Å². The van der Waals surface area contributed by atoms with E-state index in [0.29, 0.717) is 6.07 Å². The van der Waals surface area contributed by atoms with E-state index in [2.05, 4.69) is 0 Å². The van der Waals surface area contributed by atoms with E-state index in [9.17, 15) is 27.2 Å². The van der Waals surface area contributed by atoms with E-state index in [1.807, 2.05) is 0 Å². The van der Waals surface area contributed by atoms with Crippen molar-refractivity contribution in [3.63, 3.8) is 0 Å². The molecule has 0 unspecified atom stereocenters. The Hall–Kier alpha value is -1.83. The summed E-state index contributed by atoms with van der Waals surface area (Å²) in [7, 11) is 0. The van der Waals surface area contributed by atoms with Crippen molar-refractivity contribution in [1.82, 2.24) is 0 Å². The largest absolute Gasteiger partial charge is 0.478 e. The second kappa shape index (κ2) is 4.81. The number of amides is 1. The van der Waals surface area contributed by atoms with E-state index in [0.717, 1.165) is 11.4 Å². The van der Waals surface area contributed by atoms with Gasteiger partial charge in [-0.25, -0.2) is 9.18 Å². The minimum absolute atomic E-state index is 0.324. The van der Waals surface area contributed by atoms with Gasteiger partial charge < -0.3 is 10.4 Å². The van der Waals surface area contributed by atoms with E-state index in [-0.39, 0.29) is 5.02 Å². The Labute approximate surface area is 102 Å². The van der Waals surface area contributed by atoms with Gasteiger partial charge in [0.15, 0.2) is 0 Å². The lowest BCUT2D eigenvalue weighted by Gasteiger charge is -2.11. The van der Waals surface area contributed by atoms with E-state index in [4.69, 9.17) is 16.7 Å². The quantitative estimate of drug-likeness (QED) is 0.821. The highest BCUT2D eigenvalue weighted by Crippen LogP contribution is 2.27. The Kier molecular flexibility index (Phi) is 3.80. The van der Waals surface area contributed by atoms with Gasteiger partial charge in [-0.15, -0.1) is 0 Å². The third kappa shape index (κ3) is 3.10. The van der Waals surface area contributed by atoms with Crippen LogP contribution in [0.2, 0.25) is 5.02 Å². The Bertz CT molecular complexity index is 515. The summed E-state index contributed by atoms with van der Waals surface area (Å²) in [5.74, 6) is -5.59. The molecule has 0 radical (unpaired) electrons. The van der Waals surface area contributed by atoms with Crippen LogP contribution in [0.5, 0.6) is 0 Å². The van der Waals surface area contributed by atoms with Gasteiger partial charge in [-0.05, 0) is 12.1 Å². The number of hydrogen-bond acceptors (Lipinski definition) is 2. The van der Waals surface area contributed by atoms with Gasteiger partial charge in [0.05, 0.1) is 11.3 Å². The van der Waals surface area contributed by atoms with Crippen molar-refractivity contribution in [2.75, 3.05) is 5.32 Å². The van der Waals surface area contributed by atoms with Crippen molar-refractivity contribution < 1.29 is 32.3 Å². The fourth-order valence-electron chi connectivity index (χ4n) is 1.05. The molecule has 1 amide bonds. The highest BCUT2D eigenvalue weighted by molar-refractivity contribution is 6.31. The van der Waals surface area contributed by atoms with Gasteiger partial charge in [-0.1, -0.05) is 11.6 Å². The van der Waals surface area contributed by atoms with Crippen LogP contribution in [0.1, 0.15) is 10.4 Å². The van der Waals surface area contributed by atoms with Crippen LogP contribution in [-0.2, 0) is 4.79 Å². The molecule has 0 aliphatic heterocycles. The molecule has 9 heteroatoms. The molecule has 0 spiro atoms. The van der Waals surface area contributed by atoms with Gasteiger partial charge in [0.2, 0.25) is 0 Å². The first-order chi connectivity index (χ1) is 8.12. The minimum Gasteiger partial charge on any atom is -0.478 e. The molecule has 0 atom stereocenters. The fraction of sp³-hybridized carbons (Fsp3) is 0.111. The Balaban J connectivity index is 3.24. The van der Waals surface area contributed by atoms with Crippen LogP contribution >= 0.6 is 11.6 Å². The van der Waals surface area contributed by atoms with Crippen molar-refractivity contribution in [3.05, 3.63) is 28.5 Å². The first-order valence-corrected chi connectivity index (χ1v) is 4.61. The molecular formula is C9H4ClF4NO3. The zero-order chi connectivity index (χ0) is 14.1. The van der Waals surface area contributed by atoms with Crippen molar-refractivity contribution in [2.24, 2.45) is 0 Å². The number of anilines is 1. The summed E-state index contributed by atoms with van der Waals surface area (Å²) in [5.41, 5.74) is -1.97. The summed E-state index contributed by atoms with van der Waals surface area (Å²) in [5, 5.41) is 9.50. The Morgan fingerprint density at radius 2 is 1.83 bits per heavy atom. The number of rotatable bonds is 2. The minimum atomic E-state index is -5.26.